The summed E-state index contributed by atoms with van der Waals surface area (Å²) < 4.78 is 4.92. The van der Waals surface area contributed by atoms with Crippen LogP contribution in [0.5, 0.6) is 0 Å². The van der Waals surface area contributed by atoms with Gasteiger partial charge in [0.25, 0.3) is 0 Å². The second-order valence-corrected chi connectivity index (χ2v) is 3.66. The van der Waals surface area contributed by atoms with E-state index in [1.165, 1.54) is 0 Å². The van der Waals surface area contributed by atoms with Crippen molar-refractivity contribution in [3.05, 3.63) is 35.9 Å². The van der Waals surface area contributed by atoms with Crippen LogP contribution in [0.15, 0.2) is 40.6 Å². The fourth-order valence-electron chi connectivity index (χ4n) is 1.73. The van der Waals surface area contributed by atoms with Crippen LogP contribution >= 0.6 is 0 Å². The van der Waals surface area contributed by atoms with Crippen molar-refractivity contribution in [2.24, 2.45) is 10.2 Å². The molecule has 2 rings (SSSR count). The van der Waals surface area contributed by atoms with Gasteiger partial charge < -0.3 is 4.74 Å². The first kappa shape index (κ1) is 10.8. The molecule has 4 nitrogen and oxygen atoms in total. The van der Waals surface area contributed by atoms with Crippen molar-refractivity contribution < 1.29 is 9.53 Å². The highest BCUT2D eigenvalue weighted by Gasteiger charge is 2.29. The molecular weight excluding hydrogens is 204 g/mol. The van der Waals surface area contributed by atoms with Gasteiger partial charge in [0.2, 0.25) is 0 Å². The maximum atomic E-state index is 11.4. The molecule has 0 aliphatic carbocycles. The molecule has 4 heteroatoms. The molecule has 1 heterocycles. The maximum Gasteiger partial charge on any atom is 0.332 e. The van der Waals surface area contributed by atoms with Crippen molar-refractivity contribution in [2.75, 3.05) is 6.61 Å². The van der Waals surface area contributed by atoms with Crippen LogP contribution < -0.4 is 0 Å². The van der Waals surface area contributed by atoms with Crippen molar-refractivity contribution >= 4 is 5.97 Å². The zero-order chi connectivity index (χ0) is 11.4. The van der Waals surface area contributed by atoms with Crippen LogP contribution in [0.3, 0.4) is 0 Å². The van der Waals surface area contributed by atoms with E-state index in [1.54, 1.807) is 6.92 Å². The molecule has 2 unspecified atom stereocenters. The molecule has 84 valence electrons. The highest BCUT2D eigenvalue weighted by Crippen LogP contribution is 2.30. The Labute approximate surface area is 94.3 Å². The molecule has 2 atom stereocenters. The lowest BCUT2D eigenvalue weighted by Gasteiger charge is -2.07. The molecule has 0 spiro atoms. The summed E-state index contributed by atoms with van der Waals surface area (Å²) in [6, 6.07) is 9.44. The highest BCUT2D eigenvalue weighted by molar-refractivity contribution is 5.76. The Kier molecular flexibility index (Phi) is 3.29. The lowest BCUT2D eigenvalue weighted by atomic mass is 10.0. The average Bonchev–Trinajstić information content (AvgIpc) is 2.80. The Balaban J connectivity index is 2.00. The molecule has 0 aromatic heterocycles. The summed E-state index contributed by atoms with van der Waals surface area (Å²) in [5, 5.41) is 8.08. The number of rotatable bonds is 3. The van der Waals surface area contributed by atoms with E-state index in [0.717, 1.165) is 5.56 Å². The number of carbonyl (C=O) groups excluding carboxylic acids is 1. The second-order valence-electron chi connectivity index (χ2n) is 3.66. The van der Waals surface area contributed by atoms with Crippen molar-refractivity contribution in [3.8, 4) is 0 Å². The van der Waals surface area contributed by atoms with Crippen LogP contribution in [0.25, 0.3) is 0 Å². The lowest BCUT2D eigenvalue weighted by Crippen LogP contribution is -2.19. The molecule has 1 aliphatic heterocycles. The van der Waals surface area contributed by atoms with E-state index in [4.69, 9.17) is 4.74 Å². The Morgan fingerprint density at radius 2 is 2.12 bits per heavy atom. The second kappa shape index (κ2) is 4.88. The van der Waals surface area contributed by atoms with Crippen LogP contribution in [0.1, 0.15) is 24.9 Å². The summed E-state index contributed by atoms with van der Waals surface area (Å²) >= 11 is 0. The smallest absolute Gasteiger partial charge is 0.332 e. The maximum absolute atomic E-state index is 11.4. The van der Waals surface area contributed by atoms with Crippen molar-refractivity contribution in [2.45, 2.75) is 25.4 Å². The summed E-state index contributed by atoms with van der Waals surface area (Å²) in [6.45, 7) is 2.18. The number of benzene rings is 1. The van der Waals surface area contributed by atoms with E-state index in [-0.39, 0.29) is 12.0 Å². The first-order chi connectivity index (χ1) is 7.81. The first-order valence-electron chi connectivity index (χ1n) is 5.42. The van der Waals surface area contributed by atoms with Gasteiger partial charge in [-0.15, -0.1) is 0 Å². The molecule has 0 bridgehead atoms. The fraction of sp³-hybridized carbons (Fsp3) is 0.417. The zero-order valence-electron chi connectivity index (χ0n) is 9.17. The number of carbonyl (C=O) groups is 1. The number of ether oxygens (including phenoxy) is 1. The topological polar surface area (TPSA) is 51.0 Å². The number of esters is 1. The highest BCUT2D eigenvalue weighted by atomic mass is 16.5. The molecule has 1 aromatic carbocycles. The van der Waals surface area contributed by atoms with Gasteiger partial charge in [0, 0.05) is 6.42 Å². The predicted octanol–water partition coefficient (Wildman–Crippen LogP) is 2.52. The Morgan fingerprint density at radius 1 is 1.38 bits per heavy atom. The van der Waals surface area contributed by atoms with Crippen molar-refractivity contribution in [1.82, 2.24) is 0 Å². The third kappa shape index (κ3) is 2.27. The van der Waals surface area contributed by atoms with Gasteiger partial charge in [-0.2, -0.15) is 10.2 Å². The van der Waals surface area contributed by atoms with Gasteiger partial charge in [0.15, 0.2) is 6.04 Å². The van der Waals surface area contributed by atoms with Gasteiger partial charge in [0.05, 0.1) is 12.6 Å². The van der Waals surface area contributed by atoms with Crippen molar-refractivity contribution in [3.63, 3.8) is 0 Å². The Bertz CT molecular complexity index is 389. The molecule has 1 aromatic rings. The van der Waals surface area contributed by atoms with Crippen LogP contribution in [0, 0.1) is 0 Å². The summed E-state index contributed by atoms with van der Waals surface area (Å²) in [7, 11) is 0. The molecule has 0 N–H and O–H groups in total. The van der Waals surface area contributed by atoms with Gasteiger partial charge in [-0.25, -0.2) is 4.79 Å². The van der Waals surface area contributed by atoms with Gasteiger partial charge in [-0.1, -0.05) is 30.3 Å². The average molecular weight is 218 g/mol. The monoisotopic (exact) mass is 218 g/mol. The van der Waals surface area contributed by atoms with E-state index in [1.807, 2.05) is 30.3 Å². The number of hydrogen-bond donors (Lipinski definition) is 0. The minimum Gasteiger partial charge on any atom is -0.464 e. The SMILES string of the molecule is CCOC(=O)C1CC(c2ccccc2)N=N1. The molecule has 0 saturated carbocycles. The quantitative estimate of drug-likeness (QED) is 0.732. The van der Waals surface area contributed by atoms with Crippen LogP contribution in [-0.4, -0.2) is 18.6 Å². The fourth-order valence-corrected chi connectivity index (χ4v) is 1.73. The number of hydrogen-bond acceptors (Lipinski definition) is 4. The molecule has 0 amide bonds. The van der Waals surface area contributed by atoms with Gasteiger partial charge in [0.1, 0.15) is 0 Å². The molecule has 1 aliphatic rings. The Morgan fingerprint density at radius 3 is 2.81 bits per heavy atom. The summed E-state index contributed by atoms with van der Waals surface area (Å²) in [6.07, 6.45) is 0.614. The zero-order valence-corrected chi connectivity index (χ0v) is 9.17. The normalized spacial score (nSPS) is 23.3. The largest absolute Gasteiger partial charge is 0.464 e. The minimum absolute atomic E-state index is 0.00407. The molecule has 0 saturated heterocycles. The van der Waals surface area contributed by atoms with Gasteiger partial charge in [-0.3, -0.25) is 0 Å². The van der Waals surface area contributed by atoms with E-state index < -0.39 is 6.04 Å². The van der Waals surface area contributed by atoms with Crippen LogP contribution in [-0.2, 0) is 9.53 Å². The molecule has 16 heavy (non-hydrogen) atoms. The van der Waals surface area contributed by atoms with Crippen molar-refractivity contribution in [1.29, 1.82) is 0 Å². The Hall–Kier alpha value is -1.71. The number of azo groups is 1. The molecule has 0 fully saturated rings. The molecule has 0 radical (unpaired) electrons. The van der Waals surface area contributed by atoms with E-state index in [0.29, 0.717) is 13.0 Å². The van der Waals surface area contributed by atoms with Gasteiger partial charge in [-0.05, 0) is 12.5 Å². The third-order valence-electron chi connectivity index (χ3n) is 2.53. The lowest BCUT2D eigenvalue weighted by molar-refractivity contribution is -0.144. The van der Waals surface area contributed by atoms with E-state index in [2.05, 4.69) is 10.2 Å². The first-order valence-corrected chi connectivity index (χ1v) is 5.42. The minimum atomic E-state index is -0.426. The van der Waals surface area contributed by atoms with Gasteiger partial charge >= 0.3 is 5.97 Å². The summed E-state index contributed by atoms with van der Waals surface area (Å²) in [5.74, 6) is -0.273. The summed E-state index contributed by atoms with van der Waals surface area (Å²) in [4.78, 5) is 11.4. The predicted molar refractivity (Wildman–Crippen MR) is 59.1 cm³/mol. The van der Waals surface area contributed by atoms with Crippen LogP contribution in [0.2, 0.25) is 0 Å². The van der Waals surface area contributed by atoms with E-state index in [9.17, 15) is 4.79 Å². The summed E-state index contributed by atoms with van der Waals surface area (Å²) in [5.41, 5.74) is 1.10. The molecular formula is C12H14N2O2. The van der Waals surface area contributed by atoms with Crippen LogP contribution in [0.4, 0.5) is 0 Å². The third-order valence-corrected chi connectivity index (χ3v) is 2.53. The standard InChI is InChI=1S/C12H14N2O2/c1-2-16-12(15)11-8-10(13-14-11)9-6-4-3-5-7-9/h3-7,10-11H,2,8H2,1H3. The van der Waals surface area contributed by atoms with E-state index >= 15 is 0 Å². The number of nitrogens with zero attached hydrogens (tertiary/aromatic N) is 2.